The summed E-state index contributed by atoms with van der Waals surface area (Å²) < 4.78 is 5.11. The Hall–Kier alpha value is -1.24. The molecule has 0 amide bonds. The standard InChI is InChI=1S/C13H18O/c1-10(2)9-11(3)12-5-7-13(14-4)8-6-12/h5-9,11H,1-4H3. The van der Waals surface area contributed by atoms with Gasteiger partial charge in [0.15, 0.2) is 0 Å². The van der Waals surface area contributed by atoms with E-state index in [4.69, 9.17) is 4.74 Å². The first kappa shape index (κ1) is 10.8. The van der Waals surface area contributed by atoms with Crippen molar-refractivity contribution >= 4 is 0 Å². The summed E-state index contributed by atoms with van der Waals surface area (Å²) in [7, 11) is 1.69. The number of allylic oxidation sites excluding steroid dienone is 2. The maximum absolute atomic E-state index is 5.11. The summed E-state index contributed by atoms with van der Waals surface area (Å²) in [6.45, 7) is 6.45. The van der Waals surface area contributed by atoms with E-state index < -0.39 is 0 Å². The summed E-state index contributed by atoms with van der Waals surface area (Å²) >= 11 is 0. The lowest BCUT2D eigenvalue weighted by Gasteiger charge is -2.08. The lowest BCUT2D eigenvalue weighted by atomic mass is 9.99. The van der Waals surface area contributed by atoms with E-state index in [-0.39, 0.29) is 0 Å². The Balaban J connectivity index is 2.81. The minimum atomic E-state index is 0.478. The molecule has 76 valence electrons. The van der Waals surface area contributed by atoms with Crippen LogP contribution in [0.2, 0.25) is 0 Å². The van der Waals surface area contributed by atoms with Crippen molar-refractivity contribution in [3.05, 3.63) is 41.5 Å². The largest absolute Gasteiger partial charge is 0.497 e. The van der Waals surface area contributed by atoms with Crippen LogP contribution >= 0.6 is 0 Å². The number of hydrogen-bond acceptors (Lipinski definition) is 1. The predicted octanol–water partition coefficient (Wildman–Crippen LogP) is 3.76. The molecule has 0 bridgehead atoms. The highest BCUT2D eigenvalue weighted by atomic mass is 16.5. The molecule has 1 rings (SSSR count). The normalized spacial score (nSPS) is 12.0. The van der Waals surface area contributed by atoms with Crippen LogP contribution < -0.4 is 4.74 Å². The van der Waals surface area contributed by atoms with E-state index in [0.29, 0.717) is 5.92 Å². The molecule has 0 aliphatic rings. The van der Waals surface area contributed by atoms with Crippen molar-refractivity contribution in [3.8, 4) is 5.75 Å². The second-order valence-corrected chi connectivity index (χ2v) is 3.81. The molecular weight excluding hydrogens is 172 g/mol. The summed E-state index contributed by atoms with van der Waals surface area (Å²) in [4.78, 5) is 0. The maximum atomic E-state index is 5.11. The van der Waals surface area contributed by atoms with E-state index in [9.17, 15) is 0 Å². The van der Waals surface area contributed by atoms with E-state index in [1.165, 1.54) is 11.1 Å². The molecule has 0 aromatic heterocycles. The molecule has 1 heteroatoms. The summed E-state index contributed by atoms with van der Waals surface area (Å²) in [6, 6.07) is 8.24. The second-order valence-electron chi connectivity index (χ2n) is 3.81. The smallest absolute Gasteiger partial charge is 0.118 e. The SMILES string of the molecule is COc1ccc(C(C)C=C(C)C)cc1. The Bertz CT molecular complexity index is 305. The number of ether oxygens (including phenoxy) is 1. The molecule has 1 nitrogen and oxygen atoms in total. The molecule has 0 saturated carbocycles. The molecule has 1 unspecified atom stereocenters. The first-order valence-corrected chi connectivity index (χ1v) is 4.92. The fourth-order valence-corrected chi connectivity index (χ4v) is 1.50. The van der Waals surface area contributed by atoms with Crippen molar-refractivity contribution in [1.29, 1.82) is 0 Å². The third-order valence-corrected chi connectivity index (χ3v) is 2.22. The molecule has 1 aromatic rings. The van der Waals surface area contributed by atoms with E-state index in [1.54, 1.807) is 7.11 Å². The van der Waals surface area contributed by atoms with Gasteiger partial charge in [-0.15, -0.1) is 0 Å². The van der Waals surface area contributed by atoms with Gasteiger partial charge in [-0.25, -0.2) is 0 Å². The van der Waals surface area contributed by atoms with Crippen molar-refractivity contribution in [2.24, 2.45) is 0 Å². The van der Waals surface area contributed by atoms with Gasteiger partial charge in [-0.2, -0.15) is 0 Å². The van der Waals surface area contributed by atoms with Crippen molar-refractivity contribution in [2.75, 3.05) is 7.11 Å². The van der Waals surface area contributed by atoms with Gasteiger partial charge < -0.3 is 4.74 Å². The van der Waals surface area contributed by atoms with E-state index in [1.807, 2.05) is 12.1 Å². The fraction of sp³-hybridized carbons (Fsp3) is 0.385. The van der Waals surface area contributed by atoms with E-state index in [2.05, 4.69) is 39.0 Å². The first-order valence-electron chi connectivity index (χ1n) is 4.92. The van der Waals surface area contributed by atoms with Crippen LogP contribution in [0.25, 0.3) is 0 Å². The number of hydrogen-bond donors (Lipinski definition) is 0. The molecule has 0 radical (unpaired) electrons. The second kappa shape index (κ2) is 4.85. The van der Waals surface area contributed by atoms with Crippen LogP contribution in [-0.4, -0.2) is 7.11 Å². The quantitative estimate of drug-likeness (QED) is 0.659. The van der Waals surface area contributed by atoms with Gasteiger partial charge in [0.1, 0.15) is 5.75 Å². The van der Waals surface area contributed by atoms with Crippen LogP contribution in [0.15, 0.2) is 35.9 Å². The fourth-order valence-electron chi connectivity index (χ4n) is 1.50. The van der Waals surface area contributed by atoms with Gasteiger partial charge in [0.05, 0.1) is 7.11 Å². The molecular formula is C13H18O. The zero-order chi connectivity index (χ0) is 10.6. The lowest BCUT2D eigenvalue weighted by Crippen LogP contribution is -1.90. The predicted molar refractivity (Wildman–Crippen MR) is 60.8 cm³/mol. The third-order valence-electron chi connectivity index (χ3n) is 2.22. The van der Waals surface area contributed by atoms with Gasteiger partial charge in [0, 0.05) is 0 Å². The van der Waals surface area contributed by atoms with Gasteiger partial charge in [-0.3, -0.25) is 0 Å². The highest BCUT2D eigenvalue weighted by molar-refractivity contribution is 5.31. The van der Waals surface area contributed by atoms with Gasteiger partial charge in [0.2, 0.25) is 0 Å². The number of benzene rings is 1. The third kappa shape index (κ3) is 2.91. The van der Waals surface area contributed by atoms with Gasteiger partial charge >= 0.3 is 0 Å². The summed E-state index contributed by atoms with van der Waals surface area (Å²) in [5.74, 6) is 1.39. The Morgan fingerprint density at radius 3 is 2.21 bits per heavy atom. The van der Waals surface area contributed by atoms with Crippen LogP contribution in [0.4, 0.5) is 0 Å². The van der Waals surface area contributed by atoms with Crippen molar-refractivity contribution in [1.82, 2.24) is 0 Å². The topological polar surface area (TPSA) is 9.23 Å². The Morgan fingerprint density at radius 1 is 1.21 bits per heavy atom. The van der Waals surface area contributed by atoms with E-state index in [0.717, 1.165) is 5.75 Å². The maximum Gasteiger partial charge on any atom is 0.118 e. The zero-order valence-electron chi connectivity index (χ0n) is 9.37. The first-order chi connectivity index (χ1) is 6.63. The molecule has 1 atom stereocenters. The summed E-state index contributed by atoms with van der Waals surface area (Å²) in [5.41, 5.74) is 2.68. The highest BCUT2D eigenvalue weighted by Crippen LogP contribution is 2.20. The van der Waals surface area contributed by atoms with Gasteiger partial charge in [-0.1, -0.05) is 30.7 Å². The minimum absolute atomic E-state index is 0.478. The van der Waals surface area contributed by atoms with Gasteiger partial charge in [0.25, 0.3) is 0 Å². The summed E-state index contributed by atoms with van der Waals surface area (Å²) in [6.07, 6.45) is 2.27. The minimum Gasteiger partial charge on any atom is -0.497 e. The number of methoxy groups -OCH3 is 1. The molecule has 0 heterocycles. The molecule has 0 aliphatic carbocycles. The molecule has 0 fully saturated rings. The van der Waals surface area contributed by atoms with Crippen molar-refractivity contribution in [2.45, 2.75) is 26.7 Å². The molecule has 0 N–H and O–H groups in total. The zero-order valence-corrected chi connectivity index (χ0v) is 9.37. The molecule has 0 spiro atoms. The average Bonchev–Trinajstić information content (AvgIpc) is 2.17. The van der Waals surface area contributed by atoms with Crippen LogP contribution in [0.3, 0.4) is 0 Å². The lowest BCUT2D eigenvalue weighted by molar-refractivity contribution is 0.414. The highest BCUT2D eigenvalue weighted by Gasteiger charge is 2.01. The van der Waals surface area contributed by atoms with Crippen LogP contribution in [0.1, 0.15) is 32.3 Å². The van der Waals surface area contributed by atoms with Crippen LogP contribution in [-0.2, 0) is 0 Å². The average molecular weight is 190 g/mol. The number of rotatable bonds is 3. The van der Waals surface area contributed by atoms with Crippen LogP contribution in [0.5, 0.6) is 5.75 Å². The summed E-state index contributed by atoms with van der Waals surface area (Å²) in [5, 5.41) is 0. The Morgan fingerprint density at radius 2 is 1.79 bits per heavy atom. The van der Waals surface area contributed by atoms with E-state index >= 15 is 0 Å². The van der Waals surface area contributed by atoms with Crippen molar-refractivity contribution in [3.63, 3.8) is 0 Å². The molecule has 14 heavy (non-hydrogen) atoms. The van der Waals surface area contributed by atoms with Gasteiger partial charge in [-0.05, 0) is 37.5 Å². The molecule has 0 saturated heterocycles. The van der Waals surface area contributed by atoms with Crippen molar-refractivity contribution < 1.29 is 4.74 Å². The van der Waals surface area contributed by atoms with Crippen LogP contribution in [0, 0.1) is 0 Å². The molecule has 0 aliphatic heterocycles. The Kier molecular flexibility index (Phi) is 3.75. The monoisotopic (exact) mass is 190 g/mol. The molecule has 1 aromatic carbocycles. The Labute approximate surface area is 86.4 Å².